The number of carbonyl (C=O) groups excluding carboxylic acids is 1. The lowest BCUT2D eigenvalue weighted by Gasteiger charge is -2.39. The number of piperazine rings is 1. The van der Waals surface area contributed by atoms with Gasteiger partial charge < -0.3 is 4.90 Å². The molecule has 0 bridgehead atoms. The predicted molar refractivity (Wildman–Crippen MR) is 64.1 cm³/mol. The van der Waals surface area contributed by atoms with Crippen LogP contribution in [-0.4, -0.2) is 42.4 Å². The Hall–Kier alpha value is -1.35. The SMILES string of the molecule is CCN1CCN(C=O)CC1c1ccccc1. The molecule has 1 amide bonds. The van der Waals surface area contributed by atoms with E-state index in [2.05, 4.69) is 36.1 Å². The van der Waals surface area contributed by atoms with E-state index in [-0.39, 0.29) is 0 Å². The zero-order chi connectivity index (χ0) is 11.4. The lowest BCUT2D eigenvalue weighted by atomic mass is 10.0. The third kappa shape index (κ3) is 2.25. The first-order chi connectivity index (χ1) is 7.85. The van der Waals surface area contributed by atoms with Crippen LogP contribution in [0.25, 0.3) is 0 Å². The van der Waals surface area contributed by atoms with Gasteiger partial charge in [0.05, 0.1) is 6.04 Å². The first-order valence-electron chi connectivity index (χ1n) is 5.83. The van der Waals surface area contributed by atoms with E-state index in [1.54, 1.807) is 0 Å². The summed E-state index contributed by atoms with van der Waals surface area (Å²) in [5.41, 5.74) is 1.30. The Bertz CT molecular complexity index is 339. The van der Waals surface area contributed by atoms with E-state index in [4.69, 9.17) is 0 Å². The molecule has 1 aliphatic rings. The highest BCUT2D eigenvalue weighted by Gasteiger charge is 2.25. The second kappa shape index (κ2) is 5.12. The maximum atomic E-state index is 10.8. The highest BCUT2D eigenvalue weighted by atomic mass is 16.1. The zero-order valence-corrected chi connectivity index (χ0v) is 9.67. The van der Waals surface area contributed by atoms with Crippen LogP contribution >= 0.6 is 0 Å². The average Bonchev–Trinajstić information content (AvgIpc) is 2.39. The van der Waals surface area contributed by atoms with E-state index in [0.717, 1.165) is 32.6 Å². The average molecular weight is 218 g/mol. The van der Waals surface area contributed by atoms with Crippen molar-refractivity contribution in [3.63, 3.8) is 0 Å². The van der Waals surface area contributed by atoms with E-state index in [1.165, 1.54) is 5.56 Å². The monoisotopic (exact) mass is 218 g/mol. The van der Waals surface area contributed by atoms with Gasteiger partial charge in [-0.2, -0.15) is 0 Å². The molecule has 0 aliphatic carbocycles. The first-order valence-corrected chi connectivity index (χ1v) is 5.83. The van der Waals surface area contributed by atoms with Crippen molar-refractivity contribution in [2.45, 2.75) is 13.0 Å². The summed E-state index contributed by atoms with van der Waals surface area (Å²) in [6.07, 6.45) is 0.961. The Morgan fingerprint density at radius 3 is 2.69 bits per heavy atom. The molecule has 1 saturated heterocycles. The van der Waals surface area contributed by atoms with Crippen LogP contribution in [0.2, 0.25) is 0 Å². The summed E-state index contributed by atoms with van der Waals surface area (Å²) in [4.78, 5) is 15.1. The summed E-state index contributed by atoms with van der Waals surface area (Å²) in [7, 11) is 0. The van der Waals surface area contributed by atoms with Gasteiger partial charge in [0, 0.05) is 19.6 Å². The minimum atomic E-state index is 0.352. The largest absolute Gasteiger partial charge is 0.342 e. The van der Waals surface area contributed by atoms with Crippen molar-refractivity contribution >= 4 is 6.41 Å². The number of likely N-dealkylation sites (N-methyl/N-ethyl adjacent to an activating group) is 1. The third-order valence-electron chi connectivity index (χ3n) is 3.26. The first kappa shape index (κ1) is 11.1. The number of hydrogen-bond donors (Lipinski definition) is 0. The molecule has 1 unspecified atom stereocenters. The van der Waals surface area contributed by atoms with Crippen LogP contribution in [-0.2, 0) is 4.79 Å². The van der Waals surface area contributed by atoms with Crippen molar-refractivity contribution in [3.05, 3.63) is 35.9 Å². The van der Waals surface area contributed by atoms with E-state index in [0.29, 0.717) is 6.04 Å². The van der Waals surface area contributed by atoms with Gasteiger partial charge in [0.25, 0.3) is 0 Å². The minimum Gasteiger partial charge on any atom is -0.342 e. The zero-order valence-electron chi connectivity index (χ0n) is 9.67. The summed E-state index contributed by atoms with van der Waals surface area (Å²) in [6, 6.07) is 10.8. The lowest BCUT2D eigenvalue weighted by Crippen LogP contribution is -2.47. The molecule has 0 saturated carbocycles. The Balaban J connectivity index is 2.18. The molecule has 0 N–H and O–H groups in total. The number of rotatable bonds is 3. The van der Waals surface area contributed by atoms with Gasteiger partial charge in [-0.15, -0.1) is 0 Å². The second-order valence-electron chi connectivity index (χ2n) is 4.16. The number of benzene rings is 1. The number of amides is 1. The fraction of sp³-hybridized carbons (Fsp3) is 0.462. The Morgan fingerprint density at radius 1 is 1.31 bits per heavy atom. The third-order valence-corrected chi connectivity index (χ3v) is 3.26. The second-order valence-corrected chi connectivity index (χ2v) is 4.16. The molecule has 1 aliphatic heterocycles. The van der Waals surface area contributed by atoms with Gasteiger partial charge in [-0.25, -0.2) is 0 Å². The van der Waals surface area contributed by atoms with Crippen LogP contribution in [0.5, 0.6) is 0 Å². The molecule has 1 fully saturated rings. The summed E-state index contributed by atoms with van der Waals surface area (Å²) in [5.74, 6) is 0. The van der Waals surface area contributed by atoms with E-state index in [9.17, 15) is 4.79 Å². The highest BCUT2D eigenvalue weighted by molar-refractivity contribution is 5.47. The minimum absolute atomic E-state index is 0.352. The lowest BCUT2D eigenvalue weighted by molar-refractivity contribution is -0.120. The van der Waals surface area contributed by atoms with Crippen molar-refractivity contribution in [2.24, 2.45) is 0 Å². The highest BCUT2D eigenvalue weighted by Crippen LogP contribution is 2.24. The van der Waals surface area contributed by atoms with Crippen LogP contribution < -0.4 is 0 Å². The molecule has 1 heterocycles. The molecule has 3 heteroatoms. The fourth-order valence-corrected chi connectivity index (χ4v) is 2.31. The number of carbonyl (C=O) groups is 1. The van der Waals surface area contributed by atoms with Crippen molar-refractivity contribution in [1.29, 1.82) is 0 Å². The van der Waals surface area contributed by atoms with Crippen LogP contribution in [0.3, 0.4) is 0 Å². The molecule has 16 heavy (non-hydrogen) atoms. The summed E-state index contributed by atoms with van der Waals surface area (Å²) in [6.45, 7) is 5.83. The Labute approximate surface area is 96.7 Å². The molecule has 0 aromatic heterocycles. The molecule has 0 radical (unpaired) electrons. The van der Waals surface area contributed by atoms with Gasteiger partial charge >= 0.3 is 0 Å². The van der Waals surface area contributed by atoms with Crippen LogP contribution in [0.15, 0.2) is 30.3 Å². The van der Waals surface area contributed by atoms with Gasteiger partial charge in [0.2, 0.25) is 6.41 Å². The summed E-state index contributed by atoms with van der Waals surface area (Å²) in [5, 5.41) is 0. The molecule has 86 valence electrons. The molecule has 2 rings (SSSR count). The number of nitrogens with zero attached hydrogens (tertiary/aromatic N) is 2. The number of hydrogen-bond acceptors (Lipinski definition) is 2. The summed E-state index contributed by atoms with van der Waals surface area (Å²) >= 11 is 0. The molecule has 1 atom stereocenters. The fourth-order valence-electron chi connectivity index (χ4n) is 2.31. The summed E-state index contributed by atoms with van der Waals surface area (Å²) < 4.78 is 0. The normalized spacial score (nSPS) is 22.1. The molecular formula is C13H18N2O. The van der Waals surface area contributed by atoms with Gasteiger partial charge in [0.15, 0.2) is 0 Å². The molecular weight excluding hydrogens is 200 g/mol. The van der Waals surface area contributed by atoms with Crippen molar-refractivity contribution in [3.8, 4) is 0 Å². The van der Waals surface area contributed by atoms with Crippen molar-refractivity contribution in [1.82, 2.24) is 9.80 Å². The van der Waals surface area contributed by atoms with Crippen LogP contribution in [0, 0.1) is 0 Å². The maximum Gasteiger partial charge on any atom is 0.209 e. The Morgan fingerprint density at radius 2 is 2.06 bits per heavy atom. The van der Waals surface area contributed by atoms with Gasteiger partial charge in [-0.1, -0.05) is 37.3 Å². The molecule has 1 aromatic carbocycles. The molecule has 0 spiro atoms. The van der Waals surface area contributed by atoms with Gasteiger partial charge in [0.1, 0.15) is 0 Å². The maximum absolute atomic E-state index is 10.8. The van der Waals surface area contributed by atoms with E-state index < -0.39 is 0 Å². The molecule has 1 aromatic rings. The van der Waals surface area contributed by atoms with Crippen molar-refractivity contribution < 1.29 is 4.79 Å². The topological polar surface area (TPSA) is 23.6 Å². The van der Waals surface area contributed by atoms with Gasteiger partial charge in [-0.05, 0) is 12.1 Å². The van der Waals surface area contributed by atoms with Crippen LogP contribution in [0.4, 0.5) is 0 Å². The predicted octanol–water partition coefficient (Wildman–Crippen LogP) is 1.52. The van der Waals surface area contributed by atoms with Gasteiger partial charge in [-0.3, -0.25) is 9.69 Å². The van der Waals surface area contributed by atoms with Crippen molar-refractivity contribution in [2.75, 3.05) is 26.2 Å². The Kier molecular flexibility index (Phi) is 3.57. The quantitative estimate of drug-likeness (QED) is 0.718. The van der Waals surface area contributed by atoms with E-state index >= 15 is 0 Å². The smallest absolute Gasteiger partial charge is 0.209 e. The standard InChI is InChI=1S/C13H18N2O/c1-2-15-9-8-14(11-16)10-13(15)12-6-4-3-5-7-12/h3-7,11,13H,2,8-10H2,1H3. The molecule has 3 nitrogen and oxygen atoms in total. The van der Waals surface area contributed by atoms with E-state index in [1.807, 2.05) is 11.0 Å². The van der Waals surface area contributed by atoms with Crippen LogP contribution in [0.1, 0.15) is 18.5 Å².